The van der Waals surface area contributed by atoms with E-state index in [2.05, 4.69) is 43.4 Å². The lowest BCUT2D eigenvalue weighted by atomic mass is 10.1. The SMILES string of the molecule is CC/C=C\C/C=C\C/C=C\CCCCCCCC(=O)OC(C)CCCC=O. The number of esters is 1. The van der Waals surface area contributed by atoms with Crippen LogP contribution in [-0.2, 0) is 14.3 Å². The number of hydrogen-bond donors (Lipinski definition) is 0. The summed E-state index contributed by atoms with van der Waals surface area (Å²) in [6, 6.07) is 0. The van der Waals surface area contributed by atoms with Crippen LogP contribution in [0.3, 0.4) is 0 Å². The number of rotatable bonds is 18. The van der Waals surface area contributed by atoms with Crippen LogP contribution in [-0.4, -0.2) is 18.4 Å². The van der Waals surface area contributed by atoms with Crippen LogP contribution >= 0.6 is 0 Å². The zero-order chi connectivity index (χ0) is 20.0. The minimum Gasteiger partial charge on any atom is -0.463 e. The second-order valence-electron chi connectivity index (χ2n) is 7.00. The van der Waals surface area contributed by atoms with Crippen molar-refractivity contribution in [3.63, 3.8) is 0 Å². The fourth-order valence-electron chi connectivity index (χ4n) is 2.72. The second kappa shape index (κ2) is 20.7. The van der Waals surface area contributed by atoms with E-state index < -0.39 is 0 Å². The molecule has 0 aromatic rings. The normalized spacial score (nSPS) is 13.0. The average Bonchev–Trinajstić information content (AvgIpc) is 2.65. The van der Waals surface area contributed by atoms with E-state index in [4.69, 9.17) is 4.74 Å². The Morgan fingerprint density at radius 2 is 1.44 bits per heavy atom. The molecule has 154 valence electrons. The van der Waals surface area contributed by atoms with E-state index >= 15 is 0 Å². The van der Waals surface area contributed by atoms with Crippen LogP contribution in [0.2, 0.25) is 0 Å². The van der Waals surface area contributed by atoms with Crippen LogP contribution in [0, 0.1) is 0 Å². The van der Waals surface area contributed by atoms with Gasteiger partial charge in [0.1, 0.15) is 6.29 Å². The highest BCUT2D eigenvalue weighted by Crippen LogP contribution is 2.10. The van der Waals surface area contributed by atoms with Crippen LogP contribution in [0.15, 0.2) is 36.5 Å². The highest BCUT2D eigenvalue weighted by molar-refractivity contribution is 5.69. The van der Waals surface area contributed by atoms with E-state index in [9.17, 15) is 9.59 Å². The highest BCUT2D eigenvalue weighted by atomic mass is 16.5. The molecule has 0 fully saturated rings. The molecule has 1 unspecified atom stereocenters. The largest absolute Gasteiger partial charge is 0.463 e. The van der Waals surface area contributed by atoms with E-state index in [0.29, 0.717) is 12.8 Å². The summed E-state index contributed by atoms with van der Waals surface area (Å²) in [5, 5.41) is 0. The lowest BCUT2D eigenvalue weighted by Gasteiger charge is -2.12. The molecule has 1 atom stereocenters. The second-order valence-corrected chi connectivity index (χ2v) is 7.00. The molecule has 0 bridgehead atoms. The molecular weight excluding hydrogens is 336 g/mol. The van der Waals surface area contributed by atoms with Gasteiger partial charge >= 0.3 is 5.97 Å². The quantitative estimate of drug-likeness (QED) is 0.113. The number of carbonyl (C=O) groups excluding carboxylic acids is 2. The summed E-state index contributed by atoms with van der Waals surface area (Å²) in [6.07, 6.45) is 26.7. The van der Waals surface area contributed by atoms with Crippen molar-refractivity contribution in [2.75, 3.05) is 0 Å². The Morgan fingerprint density at radius 3 is 2.15 bits per heavy atom. The van der Waals surface area contributed by atoms with E-state index in [1.807, 2.05) is 6.92 Å². The standard InChI is InChI=1S/C24H40O3/c1-3-4-5-6-7-8-9-10-11-12-13-14-15-16-17-21-24(26)27-23(2)20-18-19-22-25/h4-5,7-8,10-11,22-23H,3,6,9,12-21H2,1-2H3/b5-4-,8-7-,11-10-. The maximum absolute atomic E-state index is 11.7. The molecule has 0 aromatic heterocycles. The first-order valence-corrected chi connectivity index (χ1v) is 10.8. The Bertz CT molecular complexity index is 435. The van der Waals surface area contributed by atoms with Crippen molar-refractivity contribution in [1.29, 1.82) is 0 Å². The number of allylic oxidation sites excluding steroid dienone is 6. The Kier molecular flexibility index (Phi) is 19.4. The fourth-order valence-corrected chi connectivity index (χ4v) is 2.72. The molecule has 0 heterocycles. The first kappa shape index (κ1) is 25.4. The molecule has 0 radical (unpaired) electrons. The molecule has 0 spiro atoms. The zero-order valence-electron chi connectivity index (χ0n) is 17.5. The summed E-state index contributed by atoms with van der Waals surface area (Å²) in [6.45, 7) is 4.05. The Morgan fingerprint density at radius 1 is 0.815 bits per heavy atom. The van der Waals surface area contributed by atoms with Crippen molar-refractivity contribution in [3.8, 4) is 0 Å². The van der Waals surface area contributed by atoms with Crippen molar-refractivity contribution in [2.24, 2.45) is 0 Å². The number of carbonyl (C=O) groups is 2. The van der Waals surface area contributed by atoms with Gasteiger partial charge in [0.15, 0.2) is 0 Å². The topological polar surface area (TPSA) is 43.4 Å². The first-order chi connectivity index (χ1) is 13.2. The minimum absolute atomic E-state index is 0.0770. The maximum Gasteiger partial charge on any atom is 0.306 e. The maximum atomic E-state index is 11.7. The minimum atomic E-state index is -0.102. The number of aldehydes is 1. The van der Waals surface area contributed by atoms with Crippen LogP contribution in [0.25, 0.3) is 0 Å². The molecule has 3 nitrogen and oxygen atoms in total. The zero-order valence-corrected chi connectivity index (χ0v) is 17.5. The molecule has 0 saturated carbocycles. The first-order valence-electron chi connectivity index (χ1n) is 10.8. The van der Waals surface area contributed by atoms with Gasteiger partial charge in [0.25, 0.3) is 0 Å². The summed E-state index contributed by atoms with van der Waals surface area (Å²) in [4.78, 5) is 22.0. The van der Waals surface area contributed by atoms with Crippen LogP contribution in [0.4, 0.5) is 0 Å². The van der Waals surface area contributed by atoms with Crippen LogP contribution in [0.5, 0.6) is 0 Å². The third-order valence-electron chi connectivity index (χ3n) is 4.30. The molecule has 0 aliphatic rings. The number of unbranched alkanes of at least 4 members (excludes halogenated alkanes) is 6. The van der Waals surface area contributed by atoms with Crippen molar-refractivity contribution in [3.05, 3.63) is 36.5 Å². The summed E-state index contributed by atoms with van der Waals surface area (Å²) in [5.41, 5.74) is 0. The van der Waals surface area contributed by atoms with Gasteiger partial charge in [-0.05, 0) is 58.3 Å². The summed E-state index contributed by atoms with van der Waals surface area (Å²) in [5.74, 6) is -0.102. The molecule has 0 aromatic carbocycles. The fraction of sp³-hybridized carbons (Fsp3) is 0.667. The smallest absolute Gasteiger partial charge is 0.306 e. The van der Waals surface area contributed by atoms with E-state index in [1.54, 1.807) is 0 Å². The lowest BCUT2D eigenvalue weighted by Crippen LogP contribution is -2.14. The van der Waals surface area contributed by atoms with E-state index in [0.717, 1.165) is 57.7 Å². The molecule has 0 aliphatic heterocycles. The third-order valence-corrected chi connectivity index (χ3v) is 4.30. The van der Waals surface area contributed by atoms with Gasteiger partial charge in [0, 0.05) is 12.8 Å². The Labute approximate surface area is 167 Å². The number of ether oxygens (including phenoxy) is 1. The molecule has 0 saturated heterocycles. The van der Waals surface area contributed by atoms with E-state index in [1.165, 1.54) is 19.3 Å². The van der Waals surface area contributed by atoms with Crippen molar-refractivity contribution < 1.29 is 14.3 Å². The Balaban J connectivity index is 3.41. The van der Waals surface area contributed by atoms with Gasteiger partial charge in [-0.3, -0.25) is 4.79 Å². The molecule has 0 N–H and O–H groups in total. The van der Waals surface area contributed by atoms with Crippen LogP contribution in [0.1, 0.15) is 97.3 Å². The van der Waals surface area contributed by atoms with Gasteiger partial charge in [-0.15, -0.1) is 0 Å². The summed E-state index contributed by atoms with van der Waals surface area (Å²) >= 11 is 0. The summed E-state index contributed by atoms with van der Waals surface area (Å²) < 4.78 is 5.34. The summed E-state index contributed by atoms with van der Waals surface area (Å²) in [7, 11) is 0. The molecular formula is C24H40O3. The van der Waals surface area contributed by atoms with Crippen molar-refractivity contribution in [2.45, 2.75) is 103 Å². The Hall–Kier alpha value is -1.64. The highest BCUT2D eigenvalue weighted by Gasteiger charge is 2.08. The van der Waals surface area contributed by atoms with Gasteiger partial charge < -0.3 is 9.53 Å². The third kappa shape index (κ3) is 20.5. The van der Waals surface area contributed by atoms with Crippen molar-refractivity contribution >= 4 is 12.3 Å². The molecule has 0 aliphatic carbocycles. The predicted octanol–water partition coefficient (Wildman–Crippen LogP) is 6.88. The monoisotopic (exact) mass is 376 g/mol. The van der Waals surface area contributed by atoms with Gasteiger partial charge in [-0.1, -0.05) is 62.6 Å². The van der Waals surface area contributed by atoms with Gasteiger partial charge in [-0.25, -0.2) is 0 Å². The number of hydrogen-bond acceptors (Lipinski definition) is 3. The lowest BCUT2D eigenvalue weighted by molar-refractivity contribution is -0.148. The van der Waals surface area contributed by atoms with Crippen LogP contribution < -0.4 is 0 Å². The predicted molar refractivity (Wildman–Crippen MR) is 115 cm³/mol. The molecule has 0 rings (SSSR count). The van der Waals surface area contributed by atoms with Gasteiger partial charge in [0.05, 0.1) is 6.10 Å². The van der Waals surface area contributed by atoms with Gasteiger partial charge in [-0.2, -0.15) is 0 Å². The molecule has 0 amide bonds. The molecule has 3 heteroatoms. The molecule has 27 heavy (non-hydrogen) atoms. The van der Waals surface area contributed by atoms with E-state index in [-0.39, 0.29) is 12.1 Å². The van der Waals surface area contributed by atoms with Gasteiger partial charge in [0.2, 0.25) is 0 Å². The average molecular weight is 377 g/mol. The van der Waals surface area contributed by atoms with Crippen molar-refractivity contribution in [1.82, 2.24) is 0 Å².